The molecule has 4 heteroatoms. The number of rotatable bonds is 4. The Morgan fingerprint density at radius 3 is 2.67 bits per heavy atom. The Bertz CT molecular complexity index is 201. The van der Waals surface area contributed by atoms with Gasteiger partial charge in [-0.05, 0) is 18.8 Å². The summed E-state index contributed by atoms with van der Waals surface area (Å²) < 4.78 is 5.38. The minimum atomic E-state index is -0.110. The van der Waals surface area contributed by atoms with Crippen molar-refractivity contribution in [1.29, 1.82) is 0 Å². The Labute approximate surface area is 91.8 Å². The molecule has 1 rings (SSSR count). The molecule has 0 aromatic carbocycles. The van der Waals surface area contributed by atoms with Crippen molar-refractivity contribution in [1.82, 2.24) is 10.6 Å². The van der Waals surface area contributed by atoms with E-state index in [-0.39, 0.29) is 11.9 Å². The highest BCUT2D eigenvalue weighted by Crippen LogP contribution is 2.10. The number of likely N-dealkylation sites (N-methyl/N-ethyl adjacent to an activating group) is 1. The van der Waals surface area contributed by atoms with E-state index in [1.165, 1.54) is 0 Å². The Morgan fingerprint density at radius 1 is 1.47 bits per heavy atom. The summed E-state index contributed by atoms with van der Waals surface area (Å²) in [5.74, 6) is 0.363. The molecule has 0 bridgehead atoms. The zero-order valence-corrected chi connectivity index (χ0v) is 9.88. The molecule has 4 nitrogen and oxygen atoms in total. The first-order valence-corrected chi connectivity index (χ1v) is 5.70. The molecule has 0 spiro atoms. The molecule has 0 aromatic rings. The van der Waals surface area contributed by atoms with Crippen LogP contribution in [0.25, 0.3) is 0 Å². The zero-order chi connectivity index (χ0) is 11.3. The van der Waals surface area contributed by atoms with Crippen LogP contribution in [-0.4, -0.2) is 38.3 Å². The molecular formula is C11H22N2O2. The average Bonchev–Trinajstić information content (AvgIpc) is 2.26. The van der Waals surface area contributed by atoms with Gasteiger partial charge < -0.3 is 15.4 Å². The quantitative estimate of drug-likeness (QED) is 0.717. The third-order valence-electron chi connectivity index (χ3n) is 2.77. The van der Waals surface area contributed by atoms with E-state index in [0.717, 1.165) is 26.1 Å². The van der Waals surface area contributed by atoms with Crippen molar-refractivity contribution >= 4 is 5.91 Å². The van der Waals surface area contributed by atoms with E-state index < -0.39 is 0 Å². The smallest absolute Gasteiger partial charge is 0.237 e. The van der Waals surface area contributed by atoms with Gasteiger partial charge in [-0.15, -0.1) is 0 Å². The third kappa shape index (κ3) is 3.80. The van der Waals surface area contributed by atoms with Crippen LogP contribution in [0.15, 0.2) is 0 Å². The van der Waals surface area contributed by atoms with Gasteiger partial charge >= 0.3 is 0 Å². The lowest BCUT2D eigenvalue weighted by Crippen LogP contribution is -2.52. The van der Waals surface area contributed by atoms with Gasteiger partial charge in [-0.3, -0.25) is 4.79 Å². The summed E-state index contributed by atoms with van der Waals surface area (Å²) in [4.78, 5) is 11.6. The molecule has 0 radical (unpaired) electrons. The summed E-state index contributed by atoms with van der Waals surface area (Å²) in [5.41, 5.74) is 0. The van der Waals surface area contributed by atoms with Gasteiger partial charge in [0.15, 0.2) is 0 Å². The zero-order valence-electron chi connectivity index (χ0n) is 9.88. The highest BCUT2D eigenvalue weighted by atomic mass is 16.5. The minimum absolute atomic E-state index is 0.0653. The second-order valence-electron chi connectivity index (χ2n) is 4.42. The van der Waals surface area contributed by atoms with E-state index in [1.807, 2.05) is 0 Å². The molecule has 1 fully saturated rings. The molecule has 0 saturated carbocycles. The molecule has 2 atom stereocenters. The molecule has 1 aliphatic rings. The number of carbonyl (C=O) groups excluding carboxylic acids is 1. The minimum Gasteiger partial charge on any atom is -0.380 e. The van der Waals surface area contributed by atoms with E-state index >= 15 is 0 Å². The standard InChI is InChI=1S/C11H22N2O2/c1-8(2)10(11(14)12-3)13-9-5-4-6-15-7-9/h8-10,13H,4-7H2,1-3H3,(H,12,14). The molecule has 2 unspecified atom stereocenters. The predicted octanol–water partition coefficient (Wildman–Crippen LogP) is 0.526. The lowest BCUT2D eigenvalue weighted by Gasteiger charge is -2.29. The largest absolute Gasteiger partial charge is 0.380 e. The SMILES string of the molecule is CNC(=O)C(NC1CCCOC1)C(C)C. The lowest BCUT2D eigenvalue weighted by molar-refractivity contribution is -0.124. The van der Waals surface area contributed by atoms with Crippen LogP contribution in [0.5, 0.6) is 0 Å². The van der Waals surface area contributed by atoms with Crippen LogP contribution < -0.4 is 10.6 Å². The summed E-state index contributed by atoms with van der Waals surface area (Å²) in [6.45, 7) is 5.68. The maximum atomic E-state index is 11.6. The molecular weight excluding hydrogens is 192 g/mol. The Balaban J connectivity index is 2.46. The summed E-state index contributed by atoms with van der Waals surface area (Å²) in [5, 5.41) is 6.06. The molecule has 1 saturated heterocycles. The summed E-state index contributed by atoms with van der Waals surface area (Å²) in [6, 6.07) is 0.213. The third-order valence-corrected chi connectivity index (χ3v) is 2.77. The summed E-state index contributed by atoms with van der Waals surface area (Å²) >= 11 is 0. The van der Waals surface area contributed by atoms with Crippen molar-refractivity contribution in [2.24, 2.45) is 5.92 Å². The Morgan fingerprint density at radius 2 is 2.20 bits per heavy atom. The maximum absolute atomic E-state index is 11.6. The van der Waals surface area contributed by atoms with Gasteiger partial charge in [-0.2, -0.15) is 0 Å². The first-order valence-electron chi connectivity index (χ1n) is 5.70. The van der Waals surface area contributed by atoms with E-state index in [1.54, 1.807) is 7.05 Å². The van der Waals surface area contributed by atoms with E-state index in [9.17, 15) is 4.79 Å². The Kier molecular flexibility index (Phi) is 5.05. The average molecular weight is 214 g/mol. The number of hydrogen-bond donors (Lipinski definition) is 2. The fourth-order valence-electron chi connectivity index (χ4n) is 1.85. The van der Waals surface area contributed by atoms with Gasteiger partial charge in [0, 0.05) is 19.7 Å². The molecule has 88 valence electrons. The normalized spacial score (nSPS) is 23.9. The highest BCUT2D eigenvalue weighted by molar-refractivity contribution is 5.81. The molecule has 1 aliphatic heterocycles. The fraction of sp³-hybridized carbons (Fsp3) is 0.909. The molecule has 2 N–H and O–H groups in total. The van der Waals surface area contributed by atoms with E-state index in [2.05, 4.69) is 24.5 Å². The van der Waals surface area contributed by atoms with Crippen LogP contribution in [0.4, 0.5) is 0 Å². The van der Waals surface area contributed by atoms with Crippen LogP contribution in [0.1, 0.15) is 26.7 Å². The van der Waals surface area contributed by atoms with Crippen molar-refractivity contribution in [3.8, 4) is 0 Å². The van der Waals surface area contributed by atoms with Crippen molar-refractivity contribution < 1.29 is 9.53 Å². The summed E-state index contributed by atoms with van der Waals surface area (Å²) in [6.07, 6.45) is 2.18. The van der Waals surface area contributed by atoms with Crippen LogP contribution >= 0.6 is 0 Å². The van der Waals surface area contributed by atoms with Crippen LogP contribution in [0.2, 0.25) is 0 Å². The van der Waals surface area contributed by atoms with Gasteiger partial charge in [0.1, 0.15) is 0 Å². The van der Waals surface area contributed by atoms with E-state index in [0.29, 0.717) is 12.0 Å². The van der Waals surface area contributed by atoms with Gasteiger partial charge in [0.25, 0.3) is 0 Å². The summed E-state index contributed by atoms with van der Waals surface area (Å²) in [7, 11) is 1.68. The first kappa shape index (κ1) is 12.5. The molecule has 1 heterocycles. The number of amides is 1. The van der Waals surface area contributed by atoms with Gasteiger partial charge in [-0.25, -0.2) is 0 Å². The fourth-order valence-corrected chi connectivity index (χ4v) is 1.85. The second-order valence-corrected chi connectivity index (χ2v) is 4.42. The highest BCUT2D eigenvalue weighted by Gasteiger charge is 2.25. The number of nitrogens with one attached hydrogen (secondary N) is 2. The van der Waals surface area contributed by atoms with Gasteiger partial charge in [0.2, 0.25) is 5.91 Å². The molecule has 0 aromatic heterocycles. The molecule has 0 aliphatic carbocycles. The lowest BCUT2D eigenvalue weighted by atomic mass is 10.0. The van der Waals surface area contributed by atoms with Crippen LogP contribution in [0, 0.1) is 5.92 Å². The van der Waals surface area contributed by atoms with Crippen molar-refractivity contribution in [3.05, 3.63) is 0 Å². The van der Waals surface area contributed by atoms with Crippen molar-refractivity contribution in [3.63, 3.8) is 0 Å². The van der Waals surface area contributed by atoms with Crippen molar-refractivity contribution in [2.75, 3.05) is 20.3 Å². The predicted molar refractivity (Wildman–Crippen MR) is 59.7 cm³/mol. The van der Waals surface area contributed by atoms with Gasteiger partial charge in [0.05, 0.1) is 12.6 Å². The van der Waals surface area contributed by atoms with Crippen molar-refractivity contribution in [2.45, 2.75) is 38.8 Å². The molecule has 15 heavy (non-hydrogen) atoms. The number of ether oxygens (including phenoxy) is 1. The Hall–Kier alpha value is -0.610. The van der Waals surface area contributed by atoms with Crippen LogP contribution in [-0.2, 0) is 9.53 Å². The van der Waals surface area contributed by atoms with Gasteiger partial charge in [-0.1, -0.05) is 13.8 Å². The molecule has 1 amide bonds. The topological polar surface area (TPSA) is 50.4 Å². The monoisotopic (exact) mass is 214 g/mol. The number of carbonyl (C=O) groups is 1. The second kappa shape index (κ2) is 6.08. The number of hydrogen-bond acceptors (Lipinski definition) is 3. The van der Waals surface area contributed by atoms with Crippen LogP contribution in [0.3, 0.4) is 0 Å². The maximum Gasteiger partial charge on any atom is 0.237 e. The van der Waals surface area contributed by atoms with E-state index in [4.69, 9.17) is 4.74 Å². The first-order chi connectivity index (χ1) is 7.15.